The minimum atomic E-state index is -0.268. The molecule has 1 N–H and O–H groups in total. The average Bonchev–Trinajstić information content (AvgIpc) is 3.23. The van der Waals surface area contributed by atoms with Crippen molar-refractivity contribution in [2.24, 2.45) is 0 Å². The summed E-state index contributed by atoms with van der Waals surface area (Å²) >= 11 is 0. The zero-order valence-corrected chi connectivity index (χ0v) is 14.8. The Morgan fingerprint density at radius 3 is 2.21 bits per heavy atom. The zero-order chi connectivity index (χ0) is 18.9. The Morgan fingerprint density at radius 2 is 1.46 bits per heavy atom. The number of nitrogens with one attached hydrogen (secondary N) is 1. The first-order valence-corrected chi connectivity index (χ1v) is 8.96. The monoisotopic (exact) mass is 369 g/mol. The van der Waals surface area contributed by atoms with Gasteiger partial charge in [-0.05, 0) is 50.9 Å². The second-order valence-electron chi connectivity index (χ2n) is 6.59. The number of allylic oxidation sites excluding steroid dienone is 1. The summed E-state index contributed by atoms with van der Waals surface area (Å²) in [5.41, 5.74) is 5.18. The van der Waals surface area contributed by atoms with Crippen molar-refractivity contribution in [3.05, 3.63) is 102 Å². The molecule has 0 fully saturated rings. The van der Waals surface area contributed by atoms with Crippen molar-refractivity contribution in [1.82, 2.24) is 20.2 Å². The second-order valence-corrected chi connectivity index (χ2v) is 6.59. The Morgan fingerprint density at radius 1 is 0.786 bits per heavy atom. The highest BCUT2D eigenvalue weighted by molar-refractivity contribution is 5.78. The normalized spacial score (nSPS) is 15.5. The quantitative estimate of drug-likeness (QED) is 0.576. The Hall–Kier alpha value is -3.80. The molecule has 0 aliphatic carbocycles. The molecule has 2 heterocycles. The minimum Gasteiger partial charge on any atom is -0.323 e. The van der Waals surface area contributed by atoms with Gasteiger partial charge in [-0.15, -0.1) is 0 Å². The van der Waals surface area contributed by atoms with Crippen molar-refractivity contribution < 1.29 is 4.39 Å². The molecule has 0 amide bonds. The SMILES string of the molecule is Fc1ccc(C2C=C(c3ccc(-c4ccccc4)cc3)Nc3nnnn32)cc1. The molecular weight excluding hydrogens is 353 g/mol. The van der Waals surface area contributed by atoms with Gasteiger partial charge >= 0.3 is 0 Å². The van der Waals surface area contributed by atoms with Gasteiger partial charge in [-0.1, -0.05) is 71.8 Å². The molecule has 5 rings (SSSR count). The smallest absolute Gasteiger partial charge is 0.248 e. The van der Waals surface area contributed by atoms with Crippen LogP contribution >= 0.6 is 0 Å². The largest absolute Gasteiger partial charge is 0.323 e. The van der Waals surface area contributed by atoms with Gasteiger partial charge < -0.3 is 5.32 Å². The van der Waals surface area contributed by atoms with Crippen molar-refractivity contribution in [2.45, 2.75) is 6.04 Å². The third-order valence-corrected chi connectivity index (χ3v) is 4.84. The number of hydrogen-bond donors (Lipinski definition) is 1. The van der Waals surface area contributed by atoms with Crippen LogP contribution in [0.25, 0.3) is 16.8 Å². The Kier molecular flexibility index (Phi) is 3.94. The predicted octanol–water partition coefficient (Wildman–Crippen LogP) is 4.54. The highest BCUT2D eigenvalue weighted by atomic mass is 19.1. The molecule has 0 radical (unpaired) electrons. The van der Waals surface area contributed by atoms with Gasteiger partial charge in [-0.2, -0.15) is 4.68 Å². The second kappa shape index (κ2) is 6.74. The molecule has 28 heavy (non-hydrogen) atoms. The Labute approximate surface area is 161 Å². The molecule has 1 atom stereocenters. The van der Waals surface area contributed by atoms with Crippen LogP contribution in [0.3, 0.4) is 0 Å². The Bertz CT molecular complexity index is 1130. The lowest BCUT2D eigenvalue weighted by atomic mass is 9.99. The fourth-order valence-electron chi connectivity index (χ4n) is 3.39. The minimum absolute atomic E-state index is 0.212. The third kappa shape index (κ3) is 2.95. The summed E-state index contributed by atoms with van der Waals surface area (Å²) in [6, 6.07) is 24.8. The molecule has 6 heteroatoms. The van der Waals surface area contributed by atoms with Crippen LogP contribution in [0.4, 0.5) is 10.3 Å². The van der Waals surface area contributed by atoms with Crippen molar-refractivity contribution in [1.29, 1.82) is 0 Å². The number of hydrogen-bond acceptors (Lipinski definition) is 4. The van der Waals surface area contributed by atoms with Gasteiger partial charge in [-0.25, -0.2) is 4.39 Å². The van der Waals surface area contributed by atoms with E-state index in [9.17, 15) is 4.39 Å². The summed E-state index contributed by atoms with van der Waals surface area (Å²) in [6.07, 6.45) is 2.05. The average molecular weight is 369 g/mol. The fourth-order valence-corrected chi connectivity index (χ4v) is 3.39. The molecule has 136 valence electrons. The maximum Gasteiger partial charge on any atom is 0.248 e. The predicted molar refractivity (Wildman–Crippen MR) is 106 cm³/mol. The third-order valence-electron chi connectivity index (χ3n) is 4.84. The van der Waals surface area contributed by atoms with Gasteiger partial charge in [0.1, 0.15) is 11.9 Å². The number of aromatic nitrogens is 4. The van der Waals surface area contributed by atoms with E-state index >= 15 is 0 Å². The lowest BCUT2D eigenvalue weighted by molar-refractivity contribution is 0.582. The van der Waals surface area contributed by atoms with Crippen LogP contribution in [0.2, 0.25) is 0 Å². The van der Waals surface area contributed by atoms with E-state index in [0.29, 0.717) is 5.95 Å². The zero-order valence-electron chi connectivity index (χ0n) is 14.8. The first-order chi connectivity index (χ1) is 13.8. The van der Waals surface area contributed by atoms with Gasteiger partial charge in [0, 0.05) is 5.70 Å². The summed E-state index contributed by atoms with van der Waals surface area (Å²) in [7, 11) is 0. The van der Waals surface area contributed by atoms with Crippen LogP contribution in [0.1, 0.15) is 17.2 Å². The first-order valence-electron chi connectivity index (χ1n) is 8.96. The highest BCUT2D eigenvalue weighted by Gasteiger charge is 2.24. The number of benzene rings is 3. The van der Waals surface area contributed by atoms with Crippen LogP contribution in [0, 0.1) is 5.82 Å². The maximum atomic E-state index is 13.3. The standard InChI is InChI=1S/C22H16FN5/c23-19-12-10-18(11-13-19)21-14-20(24-22-25-26-27-28(21)22)17-8-6-16(7-9-17)15-4-2-1-3-5-15/h1-14,21H,(H,24,25,27). The lowest BCUT2D eigenvalue weighted by Crippen LogP contribution is -2.20. The number of rotatable bonds is 3. The van der Waals surface area contributed by atoms with Crippen molar-refractivity contribution >= 4 is 11.6 Å². The molecule has 1 aliphatic heterocycles. The molecular formula is C22H16FN5. The van der Waals surface area contributed by atoms with E-state index in [-0.39, 0.29) is 11.9 Å². The summed E-state index contributed by atoms with van der Waals surface area (Å²) in [5.74, 6) is 0.286. The molecule has 0 spiro atoms. The van der Waals surface area contributed by atoms with E-state index in [4.69, 9.17) is 0 Å². The summed E-state index contributed by atoms with van der Waals surface area (Å²) < 4.78 is 15.0. The van der Waals surface area contributed by atoms with Gasteiger partial charge in [0.25, 0.3) is 0 Å². The van der Waals surface area contributed by atoms with Crippen molar-refractivity contribution in [3.8, 4) is 11.1 Å². The van der Waals surface area contributed by atoms with Crippen LogP contribution < -0.4 is 5.32 Å². The van der Waals surface area contributed by atoms with E-state index in [0.717, 1.165) is 22.4 Å². The van der Waals surface area contributed by atoms with Gasteiger partial charge in [0.15, 0.2) is 0 Å². The molecule has 3 aromatic carbocycles. The number of tetrazole rings is 1. The molecule has 1 aromatic heterocycles. The molecule has 0 saturated heterocycles. The van der Waals surface area contributed by atoms with Crippen LogP contribution in [-0.2, 0) is 0 Å². The van der Waals surface area contributed by atoms with Crippen LogP contribution in [0.5, 0.6) is 0 Å². The lowest BCUT2D eigenvalue weighted by Gasteiger charge is -2.23. The van der Waals surface area contributed by atoms with E-state index in [2.05, 4.69) is 57.2 Å². The molecule has 1 unspecified atom stereocenters. The number of nitrogens with zero attached hydrogens (tertiary/aromatic N) is 4. The summed E-state index contributed by atoms with van der Waals surface area (Å²) in [4.78, 5) is 0. The number of anilines is 1. The molecule has 1 aliphatic rings. The van der Waals surface area contributed by atoms with Crippen molar-refractivity contribution in [3.63, 3.8) is 0 Å². The van der Waals surface area contributed by atoms with Gasteiger partial charge in [-0.3, -0.25) is 0 Å². The molecule has 5 nitrogen and oxygen atoms in total. The van der Waals surface area contributed by atoms with Crippen LogP contribution in [0.15, 0.2) is 84.9 Å². The van der Waals surface area contributed by atoms with Crippen LogP contribution in [-0.4, -0.2) is 20.2 Å². The number of fused-ring (bicyclic) bond motifs is 1. The topological polar surface area (TPSA) is 55.6 Å². The summed E-state index contributed by atoms with van der Waals surface area (Å²) in [6.45, 7) is 0. The Balaban J connectivity index is 1.52. The van der Waals surface area contributed by atoms with Gasteiger partial charge in [0.05, 0.1) is 0 Å². The van der Waals surface area contributed by atoms with E-state index in [1.54, 1.807) is 16.8 Å². The van der Waals surface area contributed by atoms with E-state index in [1.165, 1.54) is 17.7 Å². The fraction of sp³-hybridized carbons (Fsp3) is 0.0455. The van der Waals surface area contributed by atoms with Gasteiger partial charge in [0.2, 0.25) is 5.95 Å². The maximum absolute atomic E-state index is 13.3. The highest BCUT2D eigenvalue weighted by Crippen LogP contribution is 2.32. The first kappa shape index (κ1) is 16.4. The van der Waals surface area contributed by atoms with E-state index in [1.807, 2.05) is 24.3 Å². The molecule has 0 saturated carbocycles. The molecule has 4 aromatic rings. The molecule has 0 bridgehead atoms. The van der Waals surface area contributed by atoms with Crippen molar-refractivity contribution in [2.75, 3.05) is 5.32 Å². The van der Waals surface area contributed by atoms with E-state index < -0.39 is 0 Å². The number of halogens is 1. The summed E-state index contributed by atoms with van der Waals surface area (Å²) in [5, 5.41) is 15.2.